The standard InChI is InChI=1S/C18H35N3O2/c1-5-20(13-18(3,4)23)17(22)19-14(2)15-8-7-11-21(12-15)16-9-6-10-16/h14-16,23H,5-13H2,1-4H3,(H,19,22). The number of likely N-dealkylation sites (N-methyl/N-ethyl adjacent to an activating group) is 1. The summed E-state index contributed by atoms with van der Waals surface area (Å²) in [6.07, 6.45) is 6.51. The molecular weight excluding hydrogens is 290 g/mol. The Balaban J connectivity index is 1.84. The number of urea groups is 1. The van der Waals surface area contributed by atoms with Crippen LogP contribution in [-0.4, -0.2) is 64.8 Å². The van der Waals surface area contributed by atoms with Crippen molar-refractivity contribution in [1.82, 2.24) is 15.1 Å². The summed E-state index contributed by atoms with van der Waals surface area (Å²) in [6, 6.07) is 0.923. The zero-order valence-electron chi connectivity index (χ0n) is 15.3. The molecule has 0 spiro atoms. The van der Waals surface area contributed by atoms with Crippen molar-refractivity contribution in [2.75, 3.05) is 26.2 Å². The first kappa shape index (κ1) is 18.5. The molecule has 2 unspecified atom stereocenters. The molecule has 2 aliphatic rings. The first-order valence-electron chi connectivity index (χ1n) is 9.32. The van der Waals surface area contributed by atoms with Crippen molar-refractivity contribution in [2.24, 2.45) is 5.92 Å². The van der Waals surface area contributed by atoms with Crippen LogP contribution in [0.4, 0.5) is 4.79 Å². The second-order valence-corrected chi connectivity index (χ2v) is 8.05. The normalized spacial score (nSPS) is 24.8. The third-order valence-corrected chi connectivity index (χ3v) is 5.39. The van der Waals surface area contributed by atoms with Gasteiger partial charge in [0.25, 0.3) is 0 Å². The molecule has 1 saturated carbocycles. The average Bonchev–Trinajstić information content (AvgIpc) is 2.42. The second-order valence-electron chi connectivity index (χ2n) is 8.05. The number of hydrogen-bond donors (Lipinski definition) is 2. The summed E-state index contributed by atoms with van der Waals surface area (Å²) in [7, 11) is 0. The van der Waals surface area contributed by atoms with E-state index < -0.39 is 5.60 Å². The summed E-state index contributed by atoms with van der Waals surface area (Å²) in [5.41, 5.74) is -0.859. The Bertz CT molecular complexity index is 390. The molecule has 2 rings (SSSR count). The van der Waals surface area contributed by atoms with E-state index in [0.717, 1.165) is 12.6 Å². The van der Waals surface area contributed by atoms with Crippen LogP contribution in [0.3, 0.4) is 0 Å². The van der Waals surface area contributed by atoms with E-state index in [9.17, 15) is 9.90 Å². The van der Waals surface area contributed by atoms with Gasteiger partial charge in [0.1, 0.15) is 0 Å². The minimum absolute atomic E-state index is 0.0529. The highest BCUT2D eigenvalue weighted by molar-refractivity contribution is 5.74. The van der Waals surface area contributed by atoms with E-state index in [1.54, 1.807) is 18.7 Å². The fourth-order valence-electron chi connectivity index (χ4n) is 3.73. The summed E-state index contributed by atoms with van der Waals surface area (Å²) in [6.45, 7) is 10.9. The molecule has 2 N–H and O–H groups in total. The fourth-order valence-corrected chi connectivity index (χ4v) is 3.73. The van der Waals surface area contributed by atoms with Crippen molar-refractivity contribution < 1.29 is 9.90 Å². The van der Waals surface area contributed by atoms with Gasteiger partial charge in [0.2, 0.25) is 0 Å². The number of nitrogens with zero attached hydrogens (tertiary/aromatic N) is 2. The van der Waals surface area contributed by atoms with E-state index in [0.29, 0.717) is 19.0 Å². The molecule has 0 radical (unpaired) electrons. The smallest absolute Gasteiger partial charge is 0.317 e. The van der Waals surface area contributed by atoms with Crippen molar-refractivity contribution in [3.63, 3.8) is 0 Å². The number of carbonyl (C=O) groups is 1. The largest absolute Gasteiger partial charge is 0.389 e. The number of piperidine rings is 1. The fraction of sp³-hybridized carbons (Fsp3) is 0.944. The number of amides is 2. The van der Waals surface area contributed by atoms with Gasteiger partial charge in [-0.1, -0.05) is 6.42 Å². The van der Waals surface area contributed by atoms with Gasteiger partial charge in [0, 0.05) is 25.2 Å². The summed E-state index contributed by atoms with van der Waals surface area (Å²) in [5, 5.41) is 13.1. The second kappa shape index (κ2) is 7.84. The Hall–Kier alpha value is -0.810. The molecule has 23 heavy (non-hydrogen) atoms. The lowest BCUT2D eigenvalue weighted by atomic mass is 9.85. The monoisotopic (exact) mass is 325 g/mol. The van der Waals surface area contributed by atoms with Gasteiger partial charge in [-0.25, -0.2) is 4.79 Å². The molecule has 1 aliphatic carbocycles. The number of aliphatic hydroxyl groups is 1. The predicted octanol–water partition coefficient (Wildman–Crippen LogP) is 2.44. The number of nitrogens with one attached hydrogen (secondary N) is 1. The van der Waals surface area contributed by atoms with Crippen LogP contribution in [-0.2, 0) is 0 Å². The molecule has 5 nitrogen and oxygen atoms in total. The van der Waals surface area contributed by atoms with E-state index in [-0.39, 0.29) is 12.1 Å². The van der Waals surface area contributed by atoms with Crippen LogP contribution in [0.25, 0.3) is 0 Å². The van der Waals surface area contributed by atoms with E-state index in [1.807, 2.05) is 6.92 Å². The summed E-state index contributed by atoms with van der Waals surface area (Å²) in [5.74, 6) is 0.536. The molecule has 1 aliphatic heterocycles. The number of carbonyl (C=O) groups excluding carboxylic acids is 1. The van der Waals surface area contributed by atoms with Gasteiger partial charge in [0.15, 0.2) is 0 Å². The highest BCUT2D eigenvalue weighted by atomic mass is 16.3. The van der Waals surface area contributed by atoms with Gasteiger partial charge in [0.05, 0.1) is 12.1 Å². The molecule has 0 bridgehead atoms. The summed E-state index contributed by atoms with van der Waals surface area (Å²) in [4.78, 5) is 16.8. The van der Waals surface area contributed by atoms with E-state index in [2.05, 4.69) is 17.1 Å². The van der Waals surface area contributed by atoms with Crippen LogP contribution < -0.4 is 5.32 Å². The van der Waals surface area contributed by atoms with Gasteiger partial charge in [-0.3, -0.25) is 0 Å². The minimum atomic E-state index is -0.859. The lowest BCUT2D eigenvalue weighted by molar-refractivity contribution is 0.0451. The predicted molar refractivity (Wildman–Crippen MR) is 93.5 cm³/mol. The van der Waals surface area contributed by atoms with Crippen LogP contribution in [0, 0.1) is 5.92 Å². The maximum absolute atomic E-state index is 12.5. The molecule has 1 saturated heterocycles. The van der Waals surface area contributed by atoms with Gasteiger partial charge < -0.3 is 20.2 Å². The Labute approximate surface area is 141 Å². The Morgan fingerprint density at radius 2 is 2.04 bits per heavy atom. The number of likely N-dealkylation sites (tertiary alicyclic amines) is 1. The molecule has 0 aromatic heterocycles. The maximum atomic E-state index is 12.5. The zero-order chi connectivity index (χ0) is 17.0. The maximum Gasteiger partial charge on any atom is 0.317 e. The number of hydrogen-bond acceptors (Lipinski definition) is 3. The Kier molecular flexibility index (Phi) is 6.32. The highest BCUT2D eigenvalue weighted by Crippen LogP contribution is 2.30. The third kappa shape index (κ3) is 5.35. The SMILES string of the molecule is CCN(CC(C)(C)O)C(=O)NC(C)C1CCCN(C2CCC2)C1. The van der Waals surface area contributed by atoms with Crippen LogP contribution in [0.15, 0.2) is 0 Å². The Morgan fingerprint density at radius 1 is 1.35 bits per heavy atom. The lowest BCUT2D eigenvalue weighted by Gasteiger charge is -2.44. The topological polar surface area (TPSA) is 55.8 Å². The molecule has 2 fully saturated rings. The first-order chi connectivity index (χ1) is 10.8. The van der Waals surface area contributed by atoms with Crippen LogP contribution >= 0.6 is 0 Å². The van der Waals surface area contributed by atoms with Gasteiger partial charge in [-0.05, 0) is 65.8 Å². The lowest BCUT2D eigenvalue weighted by Crippen LogP contribution is -2.54. The highest BCUT2D eigenvalue weighted by Gasteiger charge is 2.32. The third-order valence-electron chi connectivity index (χ3n) is 5.39. The van der Waals surface area contributed by atoms with Crippen LogP contribution in [0.2, 0.25) is 0 Å². The molecule has 0 aromatic rings. The van der Waals surface area contributed by atoms with Crippen molar-refractivity contribution in [3.8, 4) is 0 Å². The van der Waals surface area contributed by atoms with Crippen molar-refractivity contribution >= 4 is 6.03 Å². The van der Waals surface area contributed by atoms with Gasteiger partial charge >= 0.3 is 6.03 Å². The molecule has 1 heterocycles. The average molecular weight is 325 g/mol. The summed E-state index contributed by atoms with van der Waals surface area (Å²) >= 11 is 0. The molecule has 2 atom stereocenters. The van der Waals surface area contributed by atoms with Crippen LogP contribution in [0.5, 0.6) is 0 Å². The number of rotatable bonds is 6. The summed E-state index contributed by atoms with van der Waals surface area (Å²) < 4.78 is 0. The van der Waals surface area contributed by atoms with Crippen molar-refractivity contribution in [3.05, 3.63) is 0 Å². The molecular formula is C18H35N3O2. The molecule has 5 heteroatoms. The van der Waals surface area contributed by atoms with E-state index >= 15 is 0 Å². The van der Waals surface area contributed by atoms with E-state index in [1.165, 1.54) is 38.6 Å². The van der Waals surface area contributed by atoms with E-state index in [4.69, 9.17) is 0 Å². The van der Waals surface area contributed by atoms with Crippen molar-refractivity contribution in [1.29, 1.82) is 0 Å². The van der Waals surface area contributed by atoms with Crippen molar-refractivity contribution in [2.45, 2.75) is 77.5 Å². The zero-order valence-corrected chi connectivity index (χ0v) is 15.3. The van der Waals surface area contributed by atoms with Crippen LogP contribution in [0.1, 0.15) is 59.8 Å². The van der Waals surface area contributed by atoms with Gasteiger partial charge in [-0.2, -0.15) is 0 Å². The molecule has 2 amide bonds. The minimum Gasteiger partial charge on any atom is -0.389 e. The quantitative estimate of drug-likeness (QED) is 0.789. The molecule has 134 valence electrons. The Morgan fingerprint density at radius 3 is 2.57 bits per heavy atom. The molecule has 0 aromatic carbocycles. The van der Waals surface area contributed by atoms with Gasteiger partial charge in [-0.15, -0.1) is 0 Å². The first-order valence-corrected chi connectivity index (χ1v) is 9.32.